The van der Waals surface area contributed by atoms with E-state index in [0.717, 1.165) is 18.7 Å². The molecule has 10 nitrogen and oxygen atoms in total. The van der Waals surface area contributed by atoms with Crippen molar-refractivity contribution in [1.82, 2.24) is 0 Å². The summed E-state index contributed by atoms with van der Waals surface area (Å²) in [6.45, 7) is 6.09. The molecule has 1 fully saturated rings. The van der Waals surface area contributed by atoms with E-state index in [9.17, 15) is 26.4 Å². The number of amidine groups is 1. The van der Waals surface area contributed by atoms with Gasteiger partial charge in [-0.3, -0.25) is 14.3 Å². The minimum Gasteiger partial charge on any atom is -0.341 e. The average Bonchev–Trinajstić information content (AvgIpc) is 2.80. The molecule has 2 aliphatic rings. The molecule has 12 heteroatoms. The minimum absolute atomic E-state index is 0.0478. The zero-order chi connectivity index (χ0) is 27.2. The molecule has 0 aromatic heterocycles. The van der Waals surface area contributed by atoms with Gasteiger partial charge < -0.3 is 10.2 Å². The number of carbonyl (C=O) groups excluding carboxylic acids is 2. The van der Waals surface area contributed by atoms with Crippen LogP contribution >= 0.6 is 0 Å². The highest BCUT2D eigenvalue weighted by Gasteiger charge is 2.52. The molecule has 2 atom stereocenters. The van der Waals surface area contributed by atoms with Gasteiger partial charge >= 0.3 is 0 Å². The Morgan fingerprint density at radius 1 is 1.16 bits per heavy atom. The maximum Gasteiger partial charge on any atom is 0.286 e. The molecule has 0 bridgehead atoms. The van der Waals surface area contributed by atoms with E-state index in [-0.39, 0.29) is 34.4 Å². The zero-order valence-corrected chi connectivity index (χ0v) is 22.7. The summed E-state index contributed by atoms with van der Waals surface area (Å²) in [5, 5.41) is 2.87. The van der Waals surface area contributed by atoms with Crippen LogP contribution in [0, 0.1) is 17.3 Å². The fourth-order valence-electron chi connectivity index (χ4n) is 4.58. The van der Waals surface area contributed by atoms with Gasteiger partial charge in [-0.05, 0) is 49.1 Å². The second-order valence-corrected chi connectivity index (χ2v) is 13.5. The summed E-state index contributed by atoms with van der Waals surface area (Å²) < 4.78 is 55.5. The monoisotopic (exact) mass is 546 g/mol. The van der Waals surface area contributed by atoms with Crippen LogP contribution in [0.4, 0.5) is 17.1 Å². The van der Waals surface area contributed by atoms with E-state index < -0.39 is 37.3 Å². The summed E-state index contributed by atoms with van der Waals surface area (Å²) >= 11 is 0. The molecule has 4 rings (SSSR count). The highest BCUT2D eigenvalue weighted by atomic mass is 32.2. The van der Waals surface area contributed by atoms with Crippen molar-refractivity contribution >= 4 is 54.6 Å². The standard InChI is InChI=1S/C25H30N4O6S2/c1-16(2)12-13-25(3)15-29(18-8-6-5-7-9-18)24(31)21(22(25)30)23-26-19-11-10-17(27-36(4,32)33)14-20(19)37(34,35)28-23/h5-11,14,16,21,27H,12-13,15H2,1-4H3,(H,26,28). The van der Waals surface area contributed by atoms with Gasteiger partial charge in [0.1, 0.15) is 10.7 Å². The van der Waals surface area contributed by atoms with Gasteiger partial charge in [0.05, 0.1) is 11.9 Å². The van der Waals surface area contributed by atoms with E-state index in [4.69, 9.17) is 0 Å². The van der Waals surface area contributed by atoms with E-state index in [0.29, 0.717) is 18.0 Å². The van der Waals surface area contributed by atoms with E-state index in [1.165, 1.54) is 17.0 Å². The van der Waals surface area contributed by atoms with Gasteiger partial charge in [-0.1, -0.05) is 39.0 Å². The Labute approximate surface area is 217 Å². The first kappa shape index (κ1) is 26.8. The van der Waals surface area contributed by atoms with Crippen LogP contribution in [-0.2, 0) is 29.6 Å². The van der Waals surface area contributed by atoms with Crippen molar-refractivity contribution in [2.45, 2.75) is 38.5 Å². The third-order valence-corrected chi connectivity index (χ3v) is 8.47. The molecule has 2 aromatic rings. The molecule has 2 aliphatic heterocycles. The largest absolute Gasteiger partial charge is 0.341 e. The zero-order valence-electron chi connectivity index (χ0n) is 21.1. The molecule has 0 aliphatic carbocycles. The first-order valence-corrected chi connectivity index (χ1v) is 15.2. The van der Waals surface area contributed by atoms with Crippen LogP contribution in [0.15, 0.2) is 57.8 Å². The maximum atomic E-state index is 13.8. The number of rotatable bonds is 7. The Bertz CT molecular complexity index is 1490. The van der Waals surface area contributed by atoms with E-state index >= 15 is 0 Å². The lowest BCUT2D eigenvalue weighted by atomic mass is 9.71. The first-order valence-electron chi connectivity index (χ1n) is 11.8. The number of nitrogens with zero attached hydrogens (tertiary/aromatic N) is 2. The third kappa shape index (κ3) is 5.54. The average molecular weight is 547 g/mol. The normalized spacial score (nSPS) is 23.3. The molecule has 0 spiro atoms. The Morgan fingerprint density at radius 2 is 1.84 bits per heavy atom. The maximum absolute atomic E-state index is 13.8. The number of nitrogens with one attached hydrogen (secondary N) is 2. The number of Topliss-reactive ketones (excluding diaryl/α,β-unsaturated/α-hetero) is 1. The van der Waals surface area contributed by atoms with Gasteiger partial charge in [-0.15, -0.1) is 4.40 Å². The molecule has 1 amide bonds. The molecule has 0 radical (unpaired) electrons. The molecule has 2 heterocycles. The Morgan fingerprint density at radius 3 is 2.46 bits per heavy atom. The van der Waals surface area contributed by atoms with E-state index in [1.807, 2.05) is 13.0 Å². The lowest BCUT2D eigenvalue weighted by Crippen LogP contribution is -2.59. The highest BCUT2D eigenvalue weighted by molar-refractivity contribution is 7.92. The molecule has 2 unspecified atom stereocenters. The summed E-state index contributed by atoms with van der Waals surface area (Å²) in [6.07, 6.45) is 2.22. The van der Waals surface area contributed by atoms with Gasteiger partial charge in [0, 0.05) is 23.3 Å². The smallest absolute Gasteiger partial charge is 0.286 e. The number of carbonyl (C=O) groups is 2. The number of sulfonamides is 2. The fourth-order valence-corrected chi connectivity index (χ4v) is 6.32. The van der Waals surface area contributed by atoms with Gasteiger partial charge in [-0.25, -0.2) is 8.42 Å². The molecule has 2 N–H and O–H groups in total. The number of ketones is 1. The van der Waals surface area contributed by atoms with Crippen molar-refractivity contribution in [3.63, 3.8) is 0 Å². The summed E-state index contributed by atoms with van der Waals surface area (Å²) in [5.74, 6) is -2.31. The number of para-hydroxylation sites is 1. The van der Waals surface area contributed by atoms with Crippen LogP contribution in [0.5, 0.6) is 0 Å². The molecule has 2 aromatic carbocycles. The van der Waals surface area contributed by atoms with Crippen LogP contribution < -0.4 is 14.9 Å². The Kier molecular flexibility index (Phi) is 6.93. The van der Waals surface area contributed by atoms with Gasteiger partial charge in [0.2, 0.25) is 15.9 Å². The van der Waals surface area contributed by atoms with Crippen molar-refractivity contribution in [1.29, 1.82) is 0 Å². The number of hydrogen-bond acceptors (Lipinski definition) is 7. The SMILES string of the molecule is CC(C)CCC1(C)CN(c2ccccc2)C(=O)C(C2=NS(=O)(=O)c3cc(NS(C)(=O)=O)ccc3N2)C1=O. The van der Waals surface area contributed by atoms with Crippen LogP contribution in [0.2, 0.25) is 0 Å². The summed E-state index contributed by atoms with van der Waals surface area (Å²) in [4.78, 5) is 28.8. The highest BCUT2D eigenvalue weighted by Crippen LogP contribution is 2.40. The van der Waals surface area contributed by atoms with Crippen LogP contribution in [0.3, 0.4) is 0 Å². The summed E-state index contributed by atoms with van der Waals surface area (Å²) in [5.41, 5.74) is -0.162. The van der Waals surface area contributed by atoms with Crippen molar-refractivity contribution in [3.05, 3.63) is 48.5 Å². The molecule has 198 valence electrons. The van der Waals surface area contributed by atoms with Crippen LogP contribution in [0.25, 0.3) is 0 Å². The molecule has 0 saturated carbocycles. The van der Waals surface area contributed by atoms with Gasteiger partial charge in [-0.2, -0.15) is 8.42 Å². The number of amides is 1. The van der Waals surface area contributed by atoms with E-state index in [2.05, 4.69) is 28.3 Å². The second kappa shape index (κ2) is 9.56. The summed E-state index contributed by atoms with van der Waals surface area (Å²) in [6, 6.07) is 12.8. The van der Waals surface area contributed by atoms with Crippen molar-refractivity contribution in [2.24, 2.45) is 21.6 Å². The van der Waals surface area contributed by atoms with Crippen LogP contribution in [0.1, 0.15) is 33.6 Å². The van der Waals surface area contributed by atoms with Crippen molar-refractivity contribution < 1.29 is 26.4 Å². The Hall–Kier alpha value is -3.25. The van der Waals surface area contributed by atoms with Gasteiger partial charge in [0.25, 0.3) is 10.0 Å². The third-order valence-electron chi connectivity index (χ3n) is 6.54. The number of benzene rings is 2. The summed E-state index contributed by atoms with van der Waals surface area (Å²) in [7, 11) is -7.98. The number of anilines is 3. The predicted octanol–water partition coefficient (Wildman–Crippen LogP) is 3.25. The number of fused-ring (bicyclic) bond motifs is 1. The van der Waals surface area contributed by atoms with Crippen molar-refractivity contribution in [3.8, 4) is 0 Å². The molecule has 1 saturated heterocycles. The Balaban J connectivity index is 1.77. The number of piperidine rings is 1. The lowest BCUT2D eigenvalue weighted by Gasteiger charge is -2.43. The topological polar surface area (TPSA) is 142 Å². The fraction of sp³-hybridized carbons (Fsp3) is 0.400. The number of hydrogen-bond donors (Lipinski definition) is 2. The van der Waals surface area contributed by atoms with E-state index in [1.54, 1.807) is 24.3 Å². The van der Waals surface area contributed by atoms with Gasteiger partial charge in [0.15, 0.2) is 11.7 Å². The first-order chi connectivity index (χ1) is 17.2. The lowest BCUT2D eigenvalue weighted by molar-refractivity contribution is -0.139. The quantitative estimate of drug-likeness (QED) is 0.508. The molecular weight excluding hydrogens is 516 g/mol. The van der Waals surface area contributed by atoms with Crippen molar-refractivity contribution in [2.75, 3.05) is 27.7 Å². The predicted molar refractivity (Wildman–Crippen MR) is 143 cm³/mol. The minimum atomic E-state index is -4.34. The second-order valence-electron chi connectivity index (χ2n) is 10.2. The molecular formula is C25H30N4O6S2. The molecule has 37 heavy (non-hydrogen) atoms. The van der Waals surface area contributed by atoms with Crippen LogP contribution in [-0.4, -0.2) is 47.2 Å².